The third kappa shape index (κ3) is 3.14. The molecule has 1 radical (unpaired) electrons. The molecule has 0 fully saturated rings. The van der Waals surface area contributed by atoms with Crippen LogP contribution in [0.2, 0.25) is 0 Å². The van der Waals surface area contributed by atoms with Gasteiger partial charge in [0.05, 0.1) is 0 Å². The summed E-state index contributed by atoms with van der Waals surface area (Å²) in [6, 6.07) is 0. The van der Waals surface area contributed by atoms with Crippen molar-refractivity contribution in [2.45, 2.75) is 0 Å². The molecule has 0 saturated heterocycles. The Labute approximate surface area is 28.9 Å². The van der Waals surface area contributed by atoms with Crippen LogP contribution in [0.25, 0.3) is 0 Å². The second kappa shape index (κ2) is 3.14. The van der Waals surface area contributed by atoms with Crippen LogP contribution in [0.4, 0.5) is 0 Å². The summed E-state index contributed by atoms with van der Waals surface area (Å²) in [5.74, 6) is 0. The van der Waals surface area contributed by atoms with Gasteiger partial charge in [0.2, 0.25) is 6.29 Å². The van der Waals surface area contributed by atoms with Crippen molar-refractivity contribution >= 4 is 12.5 Å². The van der Waals surface area contributed by atoms with Gasteiger partial charge in [-0.2, -0.15) is 0 Å². The summed E-state index contributed by atoms with van der Waals surface area (Å²) in [6.07, 6.45) is 1.85. The van der Waals surface area contributed by atoms with Crippen LogP contribution in [-0.4, -0.2) is 17.7 Å². The molecule has 0 aromatic rings. The van der Waals surface area contributed by atoms with Crippen LogP contribution in [0.5, 0.6) is 0 Å². The normalized spacial score (nSPS) is 8.80. The molecule has 0 unspecified atom stereocenters. The number of hydrogen-bond donors (Lipinski definition) is 1. The molecule has 0 saturated carbocycles. The van der Waals surface area contributed by atoms with Crippen molar-refractivity contribution in [1.29, 1.82) is 0 Å². The Morgan fingerprint density at radius 1 is 2.00 bits per heavy atom. The topological polar surface area (TPSA) is 49.7 Å². The predicted molar refractivity (Wildman–Crippen MR) is 16.0 cm³/mol. The monoisotopic (exact) mass is 72.0 g/mol. The molecule has 1 N–H and O–H groups in total. The zero-order chi connectivity index (χ0) is 4.12. The maximum Gasteiger partial charge on any atom is 0.248 e. The minimum absolute atomic E-state index is 0.625. The zero-order valence-electron chi connectivity index (χ0n) is 2.38. The number of oxime groups is 1. The standard InChI is InChI=1S/C2H2NO2/c4-2-1-3-5/h1,5H. The number of rotatable bonds is 1. The van der Waals surface area contributed by atoms with Crippen molar-refractivity contribution < 1.29 is 10.0 Å². The summed E-state index contributed by atoms with van der Waals surface area (Å²) >= 11 is 0. The Morgan fingerprint density at radius 2 is 2.60 bits per heavy atom. The van der Waals surface area contributed by atoms with E-state index in [9.17, 15) is 0 Å². The van der Waals surface area contributed by atoms with Gasteiger partial charge in [0.15, 0.2) is 0 Å². The Bertz CT molecular complexity index is 49.6. The number of carbonyl (C=O) groups excluding carboxylic acids is 1. The highest BCUT2D eigenvalue weighted by atomic mass is 16.4. The summed E-state index contributed by atoms with van der Waals surface area (Å²) < 4.78 is 0. The molecule has 0 aromatic carbocycles. The highest BCUT2D eigenvalue weighted by Gasteiger charge is 1.54. The summed E-state index contributed by atoms with van der Waals surface area (Å²) in [6.45, 7) is 0. The van der Waals surface area contributed by atoms with Crippen molar-refractivity contribution in [1.82, 2.24) is 0 Å². The Kier molecular flexibility index (Phi) is 2.60. The molecule has 0 atom stereocenters. The van der Waals surface area contributed by atoms with Gasteiger partial charge in [0, 0.05) is 0 Å². The van der Waals surface area contributed by atoms with Gasteiger partial charge in [-0.3, -0.25) is 4.79 Å². The molecule has 0 rings (SSSR count). The third-order valence-electron chi connectivity index (χ3n) is 0.110. The SMILES string of the molecule is O=[C]C=NO. The van der Waals surface area contributed by atoms with E-state index in [0.717, 1.165) is 0 Å². The average Bonchev–Trinajstić information content (AvgIpc) is 1.41. The van der Waals surface area contributed by atoms with E-state index in [1.807, 2.05) is 0 Å². The van der Waals surface area contributed by atoms with Crippen molar-refractivity contribution in [2.75, 3.05) is 0 Å². The smallest absolute Gasteiger partial charge is 0.248 e. The van der Waals surface area contributed by atoms with E-state index in [4.69, 9.17) is 10.0 Å². The van der Waals surface area contributed by atoms with E-state index in [1.165, 1.54) is 6.29 Å². The van der Waals surface area contributed by atoms with Gasteiger partial charge in [0.1, 0.15) is 6.21 Å². The van der Waals surface area contributed by atoms with E-state index >= 15 is 0 Å². The Morgan fingerprint density at radius 3 is 2.60 bits per heavy atom. The summed E-state index contributed by atoms with van der Waals surface area (Å²) in [5.41, 5.74) is 0. The summed E-state index contributed by atoms with van der Waals surface area (Å²) in [7, 11) is 0. The first-order valence-electron chi connectivity index (χ1n) is 0.951. The molecule has 27 valence electrons. The maximum atomic E-state index is 8.97. The molecule has 0 spiro atoms. The van der Waals surface area contributed by atoms with Gasteiger partial charge < -0.3 is 5.21 Å². The highest BCUT2D eigenvalue weighted by Crippen LogP contribution is 1.36. The Balaban J connectivity index is 2.92. The van der Waals surface area contributed by atoms with Crippen molar-refractivity contribution in [3.63, 3.8) is 0 Å². The van der Waals surface area contributed by atoms with Crippen LogP contribution < -0.4 is 0 Å². The van der Waals surface area contributed by atoms with E-state index in [2.05, 4.69) is 5.16 Å². The van der Waals surface area contributed by atoms with Crippen LogP contribution in [0.1, 0.15) is 0 Å². The summed E-state index contributed by atoms with van der Waals surface area (Å²) in [5, 5.41) is 9.68. The first-order chi connectivity index (χ1) is 2.41. The molecule has 0 aliphatic rings. The molecule has 0 amide bonds. The molecular weight excluding hydrogens is 70.0 g/mol. The van der Waals surface area contributed by atoms with Crippen LogP contribution in [-0.2, 0) is 4.79 Å². The van der Waals surface area contributed by atoms with Gasteiger partial charge in [-0.05, 0) is 0 Å². The highest BCUT2D eigenvalue weighted by molar-refractivity contribution is 6.12. The van der Waals surface area contributed by atoms with Crippen molar-refractivity contribution in [2.24, 2.45) is 5.16 Å². The minimum atomic E-state index is 0.625. The predicted octanol–water partition coefficient (Wildman–Crippen LogP) is -0.444. The van der Waals surface area contributed by atoms with Gasteiger partial charge in [-0.1, -0.05) is 5.16 Å². The van der Waals surface area contributed by atoms with Gasteiger partial charge in [0.25, 0.3) is 0 Å². The van der Waals surface area contributed by atoms with Gasteiger partial charge >= 0.3 is 0 Å². The molecule has 0 aliphatic carbocycles. The molecule has 3 heteroatoms. The van der Waals surface area contributed by atoms with Gasteiger partial charge in [-0.15, -0.1) is 0 Å². The van der Waals surface area contributed by atoms with Crippen LogP contribution in [0.3, 0.4) is 0 Å². The largest absolute Gasteiger partial charge is 0.411 e. The quantitative estimate of drug-likeness (QED) is 0.259. The average molecular weight is 72.0 g/mol. The molecule has 0 heterocycles. The molecule has 0 aromatic heterocycles. The van der Waals surface area contributed by atoms with Crippen molar-refractivity contribution in [3.05, 3.63) is 0 Å². The van der Waals surface area contributed by atoms with Crippen LogP contribution >= 0.6 is 0 Å². The lowest BCUT2D eigenvalue weighted by Crippen LogP contribution is -1.66. The lowest BCUT2D eigenvalue weighted by atomic mass is 10.9. The van der Waals surface area contributed by atoms with Crippen LogP contribution in [0.15, 0.2) is 5.16 Å². The number of hydrogen-bond acceptors (Lipinski definition) is 3. The van der Waals surface area contributed by atoms with E-state index in [0.29, 0.717) is 6.21 Å². The minimum Gasteiger partial charge on any atom is -0.411 e. The van der Waals surface area contributed by atoms with E-state index in [1.54, 1.807) is 0 Å². The fourth-order valence-electron chi connectivity index (χ4n) is 0.0236. The molecule has 5 heavy (non-hydrogen) atoms. The zero-order valence-corrected chi connectivity index (χ0v) is 2.38. The Hall–Kier alpha value is -0.860. The van der Waals surface area contributed by atoms with Gasteiger partial charge in [-0.25, -0.2) is 0 Å². The lowest BCUT2D eigenvalue weighted by Gasteiger charge is -1.53. The first kappa shape index (κ1) is 4.14. The molecular formula is C2H2NO2. The van der Waals surface area contributed by atoms with E-state index < -0.39 is 0 Å². The van der Waals surface area contributed by atoms with Crippen molar-refractivity contribution in [3.8, 4) is 0 Å². The van der Waals surface area contributed by atoms with E-state index in [-0.39, 0.29) is 0 Å². The second-order valence-corrected chi connectivity index (χ2v) is 0.362. The second-order valence-electron chi connectivity index (χ2n) is 0.362. The fourth-order valence-corrected chi connectivity index (χ4v) is 0.0236. The molecule has 0 bridgehead atoms. The maximum absolute atomic E-state index is 8.97. The number of nitrogens with zero attached hydrogens (tertiary/aromatic N) is 1. The van der Waals surface area contributed by atoms with Crippen LogP contribution in [0, 0.1) is 0 Å². The molecule has 3 nitrogen and oxygen atoms in total. The molecule has 0 aliphatic heterocycles. The summed E-state index contributed by atoms with van der Waals surface area (Å²) in [4.78, 5) is 8.97. The fraction of sp³-hybridized carbons (Fsp3) is 0. The third-order valence-corrected chi connectivity index (χ3v) is 0.110. The lowest BCUT2D eigenvalue weighted by molar-refractivity contribution is 0.322. The first-order valence-corrected chi connectivity index (χ1v) is 0.951.